The zero-order valence-corrected chi connectivity index (χ0v) is 13.2. The van der Waals surface area contributed by atoms with Crippen molar-refractivity contribution in [1.29, 1.82) is 0 Å². The molecule has 3 N–H and O–H groups in total. The van der Waals surface area contributed by atoms with Gasteiger partial charge in [0.1, 0.15) is 5.75 Å². The van der Waals surface area contributed by atoms with Crippen LogP contribution in [0.1, 0.15) is 15.9 Å². The van der Waals surface area contributed by atoms with Crippen molar-refractivity contribution in [2.45, 2.75) is 0 Å². The van der Waals surface area contributed by atoms with Gasteiger partial charge in [-0.3, -0.25) is 4.79 Å². The number of nitrogens with two attached hydrogens (primary N) is 1. The smallest absolute Gasteiger partial charge is 0.195 e. The molecule has 0 atom stereocenters. The van der Waals surface area contributed by atoms with E-state index in [1.165, 1.54) is 0 Å². The minimum atomic E-state index is -0.0877. The van der Waals surface area contributed by atoms with Gasteiger partial charge in [-0.1, -0.05) is 12.1 Å². The highest BCUT2D eigenvalue weighted by Crippen LogP contribution is 2.25. The molecule has 3 aromatic rings. The number of nitrogen functional groups attached to an aromatic ring is 1. The van der Waals surface area contributed by atoms with Crippen molar-refractivity contribution in [1.82, 2.24) is 4.98 Å². The molecular formula is C19H17N3O2. The topological polar surface area (TPSA) is 77.2 Å². The zero-order chi connectivity index (χ0) is 16.9. The van der Waals surface area contributed by atoms with Gasteiger partial charge >= 0.3 is 0 Å². The molecule has 120 valence electrons. The Bertz CT molecular complexity index is 860. The average molecular weight is 319 g/mol. The third kappa shape index (κ3) is 3.20. The van der Waals surface area contributed by atoms with Crippen molar-refractivity contribution >= 4 is 23.0 Å². The molecule has 0 saturated carbocycles. The molecule has 2 aromatic carbocycles. The van der Waals surface area contributed by atoms with Crippen LogP contribution in [-0.2, 0) is 0 Å². The lowest BCUT2D eigenvalue weighted by molar-refractivity contribution is 0.103. The number of rotatable bonds is 5. The fourth-order valence-electron chi connectivity index (χ4n) is 2.34. The van der Waals surface area contributed by atoms with Crippen molar-refractivity contribution in [3.63, 3.8) is 0 Å². The number of carbonyl (C=O) groups is 1. The van der Waals surface area contributed by atoms with Gasteiger partial charge in [0.15, 0.2) is 11.6 Å². The number of hydrogen-bond acceptors (Lipinski definition) is 5. The van der Waals surface area contributed by atoms with Crippen LogP contribution in [-0.4, -0.2) is 17.9 Å². The summed E-state index contributed by atoms with van der Waals surface area (Å²) < 4.78 is 5.12. The Kier molecular flexibility index (Phi) is 4.43. The standard InChI is InChI=1S/C19H17N3O2/c1-24-14-10-8-13(9-11-14)18(23)15-5-2-3-7-17(15)22-19-16(20)6-4-12-21-19/h2-12H,20H2,1H3,(H,21,22). The quantitative estimate of drug-likeness (QED) is 0.702. The van der Waals surface area contributed by atoms with E-state index in [9.17, 15) is 4.79 Å². The van der Waals surface area contributed by atoms with Gasteiger partial charge in [-0.15, -0.1) is 0 Å². The van der Waals surface area contributed by atoms with Gasteiger partial charge in [-0.2, -0.15) is 0 Å². The molecule has 5 heteroatoms. The first-order valence-electron chi connectivity index (χ1n) is 7.44. The number of para-hydroxylation sites is 1. The molecule has 0 fully saturated rings. The molecule has 1 heterocycles. The number of pyridine rings is 1. The lowest BCUT2D eigenvalue weighted by Crippen LogP contribution is -2.07. The van der Waals surface area contributed by atoms with Crippen LogP contribution >= 0.6 is 0 Å². The molecule has 0 aliphatic rings. The number of hydrogen-bond donors (Lipinski definition) is 2. The second-order valence-electron chi connectivity index (χ2n) is 5.17. The van der Waals surface area contributed by atoms with Gasteiger partial charge in [-0.05, 0) is 48.5 Å². The second kappa shape index (κ2) is 6.83. The maximum atomic E-state index is 12.8. The van der Waals surface area contributed by atoms with E-state index < -0.39 is 0 Å². The molecule has 3 rings (SSSR count). The number of aromatic nitrogens is 1. The second-order valence-corrected chi connectivity index (χ2v) is 5.17. The van der Waals surface area contributed by atoms with Crippen molar-refractivity contribution in [2.75, 3.05) is 18.2 Å². The van der Waals surface area contributed by atoms with Crippen LogP contribution in [0.2, 0.25) is 0 Å². The fraction of sp³-hybridized carbons (Fsp3) is 0.0526. The number of ether oxygens (including phenoxy) is 1. The predicted molar refractivity (Wildman–Crippen MR) is 94.8 cm³/mol. The summed E-state index contributed by atoms with van der Waals surface area (Å²) in [5.41, 5.74) is 8.22. The van der Waals surface area contributed by atoms with Gasteiger partial charge in [0.05, 0.1) is 18.5 Å². The van der Waals surface area contributed by atoms with Crippen LogP contribution in [0.25, 0.3) is 0 Å². The lowest BCUT2D eigenvalue weighted by Gasteiger charge is -2.12. The molecule has 1 aromatic heterocycles. The molecule has 0 aliphatic heterocycles. The van der Waals surface area contributed by atoms with Gasteiger partial charge in [0.25, 0.3) is 0 Å². The molecule has 0 spiro atoms. The molecule has 0 bridgehead atoms. The Balaban J connectivity index is 1.93. The van der Waals surface area contributed by atoms with Crippen LogP contribution in [0.5, 0.6) is 5.75 Å². The number of benzene rings is 2. The van der Waals surface area contributed by atoms with E-state index >= 15 is 0 Å². The minimum Gasteiger partial charge on any atom is -0.497 e. The Labute approximate surface area is 140 Å². The van der Waals surface area contributed by atoms with Crippen molar-refractivity contribution < 1.29 is 9.53 Å². The third-order valence-corrected chi connectivity index (χ3v) is 3.62. The Morgan fingerprint density at radius 1 is 1.04 bits per heavy atom. The first-order chi connectivity index (χ1) is 11.7. The zero-order valence-electron chi connectivity index (χ0n) is 13.2. The summed E-state index contributed by atoms with van der Waals surface area (Å²) in [5.74, 6) is 1.14. The molecule has 5 nitrogen and oxygen atoms in total. The summed E-state index contributed by atoms with van der Waals surface area (Å²) in [6, 6.07) is 17.8. The summed E-state index contributed by atoms with van der Waals surface area (Å²) in [5, 5.41) is 3.13. The van der Waals surface area contributed by atoms with Crippen LogP contribution in [0.15, 0.2) is 66.9 Å². The van der Waals surface area contributed by atoms with E-state index in [0.29, 0.717) is 34.1 Å². The Morgan fingerprint density at radius 2 is 1.79 bits per heavy atom. The summed E-state index contributed by atoms with van der Waals surface area (Å²) >= 11 is 0. The number of nitrogens with zero attached hydrogens (tertiary/aromatic N) is 1. The number of nitrogens with one attached hydrogen (secondary N) is 1. The van der Waals surface area contributed by atoms with Gasteiger partial charge in [-0.25, -0.2) is 4.98 Å². The number of methoxy groups -OCH3 is 1. The number of carbonyl (C=O) groups excluding carboxylic acids is 1. The van der Waals surface area contributed by atoms with Crippen LogP contribution in [0.4, 0.5) is 17.2 Å². The molecule has 0 unspecified atom stereocenters. The minimum absolute atomic E-state index is 0.0877. The normalized spacial score (nSPS) is 10.2. The molecule has 0 saturated heterocycles. The summed E-state index contributed by atoms with van der Waals surface area (Å²) in [6.07, 6.45) is 1.65. The molecule has 0 radical (unpaired) electrons. The largest absolute Gasteiger partial charge is 0.497 e. The first kappa shape index (κ1) is 15.6. The van der Waals surface area contributed by atoms with Crippen molar-refractivity contribution in [3.8, 4) is 5.75 Å². The van der Waals surface area contributed by atoms with E-state index in [0.717, 1.165) is 0 Å². The summed E-state index contributed by atoms with van der Waals surface area (Å²) in [7, 11) is 1.59. The van der Waals surface area contributed by atoms with Crippen molar-refractivity contribution in [2.24, 2.45) is 0 Å². The number of ketones is 1. The van der Waals surface area contributed by atoms with Gasteiger partial charge in [0.2, 0.25) is 0 Å². The van der Waals surface area contributed by atoms with Gasteiger partial charge < -0.3 is 15.8 Å². The van der Waals surface area contributed by atoms with E-state index in [1.54, 1.807) is 55.8 Å². The highest BCUT2D eigenvalue weighted by Gasteiger charge is 2.14. The van der Waals surface area contributed by atoms with E-state index in [4.69, 9.17) is 10.5 Å². The molecular weight excluding hydrogens is 302 g/mol. The van der Waals surface area contributed by atoms with Crippen LogP contribution < -0.4 is 15.8 Å². The first-order valence-corrected chi connectivity index (χ1v) is 7.44. The molecule has 0 aliphatic carbocycles. The highest BCUT2D eigenvalue weighted by molar-refractivity contribution is 6.12. The Hall–Kier alpha value is -3.34. The summed E-state index contributed by atoms with van der Waals surface area (Å²) in [6.45, 7) is 0. The monoisotopic (exact) mass is 319 g/mol. The van der Waals surface area contributed by atoms with E-state index in [2.05, 4.69) is 10.3 Å². The Morgan fingerprint density at radius 3 is 2.50 bits per heavy atom. The SMILES string of the molecule is COc1ccc(C(=O)c2ccccc2Nc2ncccc2N)cc1. The van der Waals surface area contributed by atoms with E-state index in [1.807, 2.05) is 18.2 Å². The maximum absolute atomic E-state index is 12.8. The highest BCUT2D eigenvalue weighted by atomic mass is 16.5. The molecule has 24 heavy (non-hydrogen) atoms. The predicted octanol–water partition coefficient (Wildman–Crippen LogP) is 3.65. The van der Waals surface area contributed by atoms with Crippen molar-refractivity contribution in [3.05, 3.63) is 78.0 Å². The third-order valence-electron chi connectivity index (χ3n) is 3.62. The van der Waals surface area contributed by atoms with E-state index in [-0.39, 0.29) is 5.78 Å². The average Bonchev–Trinajstić information content (AvgIpc) is 2.63. The van der Waals surface area contributed by atoms with Crippen LogP contribution in [0.3, 0.4) is 0 Å². The number of anilines is 3. The summed E-state index contributed by atoms with van der Waals surface area (Å²) in [4.78, 5) is 17.0. The lowest BCUT2D eigenvalue weighted by atomic mass is 10.0. The maximum Gasteiger partial charge on any atom is 0.195 e. The fourth-order valence-corrected chi connectivity index (χ4v) is 2.34. The van der Waals surface area contributed by atoms with Gasteiger partial charge in [0, 0.05) is 17.3 Å². The molecule has 0 amide bonds. The van der Waals surface area contributed by atoms with Crippen LogP contribution in [0, 0.1) is 0 Å².